The van der Waals surface area contributed by atoms with Gasteiger partial charge >= 0.3 is 0 Å². The molecular formula is C27H42O. The van der Waals surface area contributed by atoms with Gasteiger partial charge in [-0.25, -0.2) is 0 Å². The number of fused-ring (bicyclic) bond motifs is 5. The van der Waals surface area contributed by atoms with Crippen molar-refractivity contribution in [3.05, 3.63) is 23.8 Å². The van der Waals surface area contributed by atoms with Crippen molar-refractivity contribution in [1.29, 1.82) is 0 Å². The summed E-state index contributed by atoms with van der Waals surface area (Å²) in [6, 6.07) is 0. The van der Waals surface area contributed by atoms with Gasteiger partial charge in [-0.05, 0) is 86.4 Å². The highest BCUT2D eigenvalue weighted by molar-refractivity contribution is 5.52. The molecule has 0 bridgehead atoms. The van der Waals surface area contributed by atoms with Gasteiger partial charge in [-0.2, -0.15) is 0 Å². The zero-order valence-corrected chi connectivity index (χ0v) is 18.8. The van der Waals surface area contributed by atoms with E-state index in [0.717, 1.165) is 48.7 Å². The van der Waals surface area contributed by atoms with Crippen LogP contribution < -0.4 is 0 Å². The molecule has 4 aliphatic carbocycles. The molecule has 0 amide bonds. The molecule has 1 heteroatoms. The molecule has 0 spiro atoms. The minimum absolute atomic E-state index is 0.239. The van der Waals surface area contributed by atoms with Crippen LogP contribution in [0.15, 0.2) is 23.8 Å². The largest absolute Gasteiger partial charge is 0.303 e. The van der Waals surface area contributed by atoms with E-state index >= 15 is 0 Å². The van der Waals surface area contributed by atoms with Crippen molar-refractivity contribution in [2.45, 2.75) is 91.9 Å². The Kier molecular flexibility index (Phi) is 5.66. The summed E-state index contributed by atoms with van der Waals surface area (Å²) in [5.41, 5.74) is 2.68. The predicted molar refractivity (Wildman–Crippen MR) is 118 cm³/mol. The van der Waals surface area contributed by atoms with Crippen LogP contribution in [0, 0.1) is 46.3 Å². The fourth-order valence-electron chi connectivity index (χ4n) is 8.35. The minimum atomic E-state index is 0.239. The molecule has 3 saturated carbocycles. The van der Waals surface area contributed by atoms with Crippen molar-refractivity contribution in [1.82, 2.24) is 0 Å². The Labute approximate surface area is 173 Å². The second-order valence-electron chi connectivity index (χ2n) is 11.3. The maximum atomic E-state index is 10.9. The van der Waals surface area contributed by atoms with E-state index in [1.165, 1.54) is 51.4 Å². The van der Waals surface area contributed by atoms with E-state index in [9.17, 15) is 4.79 Å². The zero-order chi connectivity index (χ0) is 19.9. The van der Waals surface area contributed by atoms with E-state index in [4.69, 9.17) is 0 Å². The van der Waals surface area contributed by atoms with Gasteiger partial charge in [0, 0.05) is 11.3 Å². The third-order valence-corrected chi connectivity index (χ3v) is 9.92. The lowest BCUT2D eigenvalue weighted by Gasteiger charge is -2.57. The maximum Gasteiger partial charge on any atom is 0.122 e. The van der Waals surface area contributed by atoms with Gasteiger partial charge in [0.1, 0.15) is 6.29 Å². The average molecular weight is 383 g/mol. The Morgan fingerprint density at radius 3 is 2.71 bits per heavy atom. The van der Waals surface area contributed by atoms with Gasteiger partial charge in [0.2, 0.25) is 0 Å². The van der Waals surface area contributed by atoms with Crippen molar-refractivity contribution in [2.24, 2.45) is 46.3 Å². The molecule has 0 aromatic rings. The van der Waals surface area contributed by atoms with Gasteiger partial charge < -0.3 is 4.79 Å². The molecule has 0 aliphatic heterocycles. The summed E-state index contributed by atoms with van der Waals surface area (Å²) in [6.45, 7) is 9.80. The molecule has 0 aromatic carbocycles. The molecule has 2 unspecified atom stereocenters. The Bertz CT molecular complexity index is 645. The van der Waals surface area contributed by atoms with E-state index in [1.54, 1.807) is 5.57 Å². The highest BCUT2D eigenvalue weighted by Crippen LogP contribution is 2.67. The quantitative estimate of drug-likeness (QED) is 0.346. The average Bonchev–Trinajstić information content (AvgIpc) is 3.04. The van der Waals surface area contributed by atoms with Crippen molar-refractivity contribution < 1.29 is 4.79 Å². The van der Waals surface area contributed by atoms with E-state index in [0.29, 0.717) is 10.8 Å². The van der Waals surface area contributed by atoms with Crippen LogP contribution in [0.2, 0.25) is 0 Å². The van der Waals surface area contributed by atoms with E-state index in [-0.39, 0.29) is 5.92 Å². The lowest BCUT2D eigenvalue weighted by molar-refractivity contribution is -0.110. The van der Waals surface area contributed by atoms with Crippen molar-refractivity contribution in [3.8, 4) is 0 Å². The number of aldehydes is 1. The standard InChI is InChI=1S/C27H42O/c1-19(18-28)8-7-9-20(2)23-13-14-24-22-12-11-21-10-5-6-16-26(21,3)25(22)15-17-27(23,24)4/h6,10,16,18-20,22-25H,5,7-9,11-15,17H2,1-4H3/t19?,20?,22-,23+,24-,25-,26-,27+/m0/s1. The fourth-order valence-corrected chi connectivity index (χ4v) is 8.35. The minimum Gasteiger partial charge on any atom is -0.303 e. The van der Waals surface area contributed by atoms with Crippen LogP contribution in [-0.4, -0.2) is 6.29 Å². The second kappa shape index (κ2) is 7.77. The fraction of sp³-hybridized carbons (Fsp3) is 0.815. The van der Waals surface area contributed by atoms with Crippen LogP contribution in [0.4, 0.5) is 0 Å². The SMILES string of the molecule is CC(C=O)CCCC(C)[C@H]1CC[C@H]2[C@@H]3CCC4=CCC=C[C@]4(C)[C@H]3CC[C@]12C. The van der Waals surface area contributed by atoms with Gasteiger partial charge in [-0.1, -0.05) is 64.3 Å². The van der Waals surface area contributed by atoms with E-state index in [2.05, 4.69) is 45.9 Å². The maximum absolute atomic E-state index is 10.9. The number of hydrogen-bond acceptors (Lipinski definition) is 1. The molecule has 156 valence electrons. The smallest absolute Gasteiger partial charge is 0.122 e. The molecule has 0 aromatic heterocycles. The molecule has 0 heterocycles. The summed E-state index contributed by atoms with van der Waals surface area (Å²) in [7, 11) is 0. The first-order chi connectivity index (χ1) is 13.4. The van der Waals surface area contributed by atoms with Crippen molar-refractivity contribution in [3.63, 3.8) is 0 Å². The molecule has 4 aliphatic rings. The van der Waals surface area contributed by atoms with E-state index in [1.807, 2.05) is 0 Å². The van der Waals surface area contributed by atoms with Crippen molar-refractivity contribution >= 4 is 6.29 Å². The lowest BCUT2D eigenvalue weighted by Crippen LogP contribution is -2.49. The Morgan fingerprint density at radius 1 is 1.11 bits per heavy atom. The summed E-state index contributed by atoms with van der Waals surface area (Å²) < 4.78 is 0. The number of carbonyl (C=O) groups is 1. The van der Waals surface area contributed by atoms with Gasteiger partial charge in [-0.3, -0.25) is 0 Å². The second-order valence-corrected chi connectivity index (χ2v) is 11.3. The lowest BCUT2D eigenvalue weighted by atomic mass is 9.47. The van der Waals surface area contributed by atoms with Crippen LogP contribution in [0.5, 0.6) is 0 Å². The summed E-state index contributed by atoms with van der Waals surface area (Å²) in [5.74, 6) is 4.72. The normalized spacial score (nSPS) is 44.1. The third kappa shape index (κ3) is 3.25. The highest BCUT2D eigenvalue weighted by Gasteiger charge is 2.58. The summed E-state index contributed by atoms with van der Waals surface area (Å²) in [4.78, 5) is 10.9. The predicted octanol–water partition coefficient (Wildman–Crippen LogP) is 7.37. The Hall–Kier alpha value is -0.850. The van der Waals surface area contributed by atoms with Crippen LogP contribution in [0.25, 0.3) is 0 Å². The molecular weight excluding hydrogens is 340 g/mol. The van der Waals surface area contributed by atoms with Gasteiger partial charge in [0.05, 0.1) is 0 Å². The first kappa shape index (κ1) is 20.4. The van der Waals surface area contributed by atoms with Crippen molar-refractivity contribution in [2.75, 3.05) is 0 Å². The Morgan fingerprint density at radius 2 is 1.93 bits per heavy atom. The molecule has 3 fully saturated rings. The first-order valence-electron chi connectivity index (χ1n) is 12.2. The summed E-state index contributed by atoms with van der Waals surface area (Å²) in [5, 5.41) is 0. The monoisotopic (exact) mass is 382 g/mol. The number of hydrogen-bond donors (Lipinski definition) is 0. The Balaban J connectivity index is 1.46. The highest BCUT2D eigenvalue weighted by atomic mass is 16.1. The molecule has 0 radical (unpaired) electrons. The van der Waals surface area contributed by atoms with Gasteiger partial charge in [0.15, 0.2) is 0 Å². The molecule has 4 rings (SSSR count). The van der Waals surface area contributed by atoms with Gasteiger partial charge in [-0.15, -0.1) is 0 Å². The molecule has 28 heavy (non-hydrogen) atoms. The molecule has 0 N–H and O–H groups in total. The number of carbonyl (C=O) groups excluding carboxylic acids is 1. The summed E-state index contributed by atoms with van der Waals surface area (Å²) in [6.07, 6.45) is 22.0. The first-order valence-corrected chi connectivity index (χ1v) is 12.2. The van der Waals surface area contributed by atoms with E-state index < -0.39 is 0 Å². The zero-order valence-electron chi connectivity index (χ0n) is 18.8. The van der Waals surface area contributed by atoms with Crippen LogP contribution >= 0.6 is 0 Å². The summed E-state index contributed by atoms with van der Waals surface area (Å²) >= 11 is 0. The number of rotatable bonds is 6. The van der Waals surface area contributed by atoms with Crippen LogP contribution in [0.1, 0.15) is 91.9 Å². The number of allylic oxidation sites excluding steroid dienone is 4. The molecule has 0 saturated heterocycles. The van der Waals surface area contributed by atoms with Crippen LogP contribution in [0.3, 0.4) is 0 Å². The molecule has 1 nitrogen and oxygen atoms in total. The van der Waals surface area contributed by atoms with Gasteiger partial charge in [0.25, 0.3) is 0 Å². The topological polar surface area (TPSA) is 17.1 Å². The van der Waals surface area contributed by atoms with Crippen LogP contribution in [-0.2, 0) is 4.79 Å². The third-order valence-electron chi connectivity index (χ3n) is 9.92. The molecule has 8 atom stereocenters.